The van der Waals surface area contributed by atoms with Crippen LogP contribution >= 0.6 is 0 Å². The number of para-hydroxylation sites is 1. The molecule has 1 N–H and O–H groups in total. The Hall–Kier alpha value is -1.97. The van der Waals surface area contributed by atoms with Crippen LogP contribution in [0, 0.1) is 6.92 Å². The van der Waals surface area contributed by atoms with Crippen molar-refractivity contribution in [2.45, 2.75) is 40.2 Å². The largest absolute Gasteiger partial charge is 0.504 e. The molecular weight excluding hydrogens is 252 g/mol. The van der Waals surface area contributed by atoms with Crippen molar-refractivity contribution in [2.75, 3.05) is 6.61 Å². The Balaban J connectivity index is 2.60. The van der Waals surface area contributed by atoms with E-state index in [2.05, 4.69) is 25.9 Å². The van der Waals surface area contributed by atoms with E-state index in [9.17, 15) is 5.11 Å². The van der Waals surface area contributed by atoms with Crippen molar-refractivity contribution >= 4 is 0 Å². The molecule has 0 bridgehead atoms. The highest BCUT2D eigenvalue weighted by atomic mass is 16.5. The molecule has 0 unspecified atom stereocenters. The molecule has 2 aromatic rings. The molecule has 0 fully saturated rings. The van der Waals surface area contributed by atoms with Crippen molar-refractivity contribution < 1.29 is 9.84 Å². The van der Waals surface area contributed by atoms with Gasteiger partial charge in [0.05, 0.1) is 17.8 Å². The van der Waals surface area contributed by atoms with Crippen LogP contribution in [0.4, 0.5) is 0 Å². The summed E-state index contributed by atoms with van der Waals surface area (Å²) in [7, 11) is 0. The summed E-state index contributed by atoms with van der Waals surface area (Å²) in [6.45, 7) is 10.6. The van der Waals surface area contributed by atoms with Gasteiger partial charge in [0.15, 0.2) is 5.75 Å². The monoisotopic (exact) mass is 274 g/mol. The molecule has 0 aliphatic carbocycles. The highest BCUT2D eigenvalue weighted by molar-refractivity contribution is 5.73. The van der Waals surface area contributed by atoms with E-state index in [4.69, 9.17) is 4.74 Å². The number of aromatic nitrogens is 2. The van der Waals surface area contributed by atoms with Crippen LogP contribution in [0.1, 0.15) is 33.4 Å². The topological polar surface area (TPSA) is 47.3 Å². The number of aromatic hydroxyl groups is 1. The molecule has 20 heavy (non-hydrogen) atoms. The average molecular weight is 274 g/mol. The third-order valence-corrected chi connectivity index (χ3v) is 3.16. The Labute approximate surface area is 120 Å². The SMILES string of the molecule is CCOc1ccccc1-c1nn(C(C)(C)C)c(C)c1O. The summed E-state index contributed by atoms with van der Waals surface area (Å²) < 4.78 is 7.47. The van der Waals surface area contributed by atoms with E-state index in [1.165, 1.54) is 0 Å². The van der Waals surface area contributed by atoms with Gasteiger partial charge in [-0.3, -0.25) is 4.68 Å². The van der Waals surface area contributed by atoms with E-state index in [-0.39, 0.29) is 11.3 Å². The zero-order valence-electron chi connectivity index (χ0n) is 12.8. The number of benzene rings is 1. The van der Waals surface area contributed by atoms with Gasteiger partial charge in [-0.05, 0) is 46.8 Å². The van der Waals surface area contributed by atoms with Gasteiger partial charge < -0.3 is 9.84 Å². The molecule has 0 saturated heterocycles. The second-order valence-electron chi connectivity index (χ2n) is 5.79. The van der Waals surface area contributed by atoms with Gasteiger partial charge in [-0.1, -0.05) is 12.1 Å². The highest BCUT2D eigenvalue weighted by Gasteiger charge is 2.24. The molecular formula is C16H22N2O2. The molecule has 0 amide bonds. The summed E-state index contributed by atoms with van der Waals surface area (Å²) in [6, 6.07) is 7.64. The first-order valence-electron chi connectivity index (χ1n) is 6.87. The number of rotatable bonds is 3. The Morgan fingerprint density at radius 2 is 1.90 bits per heavy atom. The number of ether oxygens (including phenoxy) is 1. The Kier molecular flexibility index (Phi) is 3.75. The van der Waals surface area contributed by atoms with Crippen molar-refractivity contribution in [2.24, 2.45) is 0 Å². The maximum Gasteiger partial charge on any atom is 0.164 e. The first-order valence-corrected chi connectivity index (χ1v) is 6.87. The molecule has 0 aliphatic heterocycles. The van der Waals surface area contributed by atoms with E-state index in [0.29, 0.717) is 12.3 Å². The van der Waals surface area contributed by atoms with Crippen LogP contribution in [0.25, 0.3) is 11.3 Å². The van der Waals surface area contributed by atoms with Crippen LogP contribution in [0.2, 0.25) is 0 Å². The second-order valence-corrected chi connectivity index (χ2v) is 5.79. The standard InChI is InChI=1S/C16H22N2O2/c1-6-20-13-10-8-7-9-12(13)14-15(19)11(2)18(17-14)16(3,4)5/h7-10,19H,6H2,1-5H3. The van der Waals surface area contributed by atoms with Gasteiger partial charge in [0.25, 0.3) is 0 Å². The minimum atomic E-state index is -0.180. The van der Waals surface area contributed by atoms with Crippen LogP contribution in [0.3, 0.4) is 0 Å². The lowest BCUT2D eigenvalue weighted by molar-refractivity contribution is 0.339. The zero-order chi connectivity index (χ0) is 14.9. The molecule has 1 aromatic carbocycles. The predicted octanol–water partition coefficient (Wildman–Crippen LogP) is 3.72. The summed E-state index contributed by atoms with van der Waals surface area (Å²) in [5.41, 5.74) is 1.97. The summed E-state index contributed by atoms with van der Waals surface area (Å²) in [6.07, 6.45) is 0. The molecule has 4 nitrogen and oxygen atoms in total. The van der Waals surface area contributed by atoms with Crippen molar-refractivity contribution in [1.29, 1.82) is 0 Å². The smallest absolute Gasteiger partial charge is 0.164 e. The van der Waals surface area contributed by atoms with Gasteiger partial charge in [-0.2, -0.15) is 5.10 Å². The van der Waals surface area contributed by atoms with Crippen molar-refractivity contribution in [1.82, 2.24) is 9.78 Å². The van der Waals surface area contributed by atoms with E-state index in [0.717, 1.165) is 17.0 Å². The molecule has 1 heterocycles. The van der Waals surface area contributed by atoms with Crippen molar-refractivity contribution in [3.63, 3.8) is 0 Å². The summed E-state index contributed by atoms with van der Waals surface area (Å²) >= 11 is 0. The summed E-state index contributed by atoms with van der Waals surface area (Å²) in [5, 5.41) is 15.0. The predicted molar refractivity (Wildman–Crippen MR) is 80.2 cm³/mol. The normalized spacial score (nSPS) is 11.7. The third-order valence-electron chi connectivity index (χ3n) is 3.16. The first kappa shape index (κ1) is 14.4. The van der Waals surface area contributed by atoms with Crippen LogP contribution in [-0.4, -0.2) is 21.5 Å². The molecule has 0 aliphatic rings. The van der Waals surface area contributed by atoms with Gasteiger partial charge in [-0.25, -0.2) is 0 Å². The maximum absolute atomic E-state index is 10.4. The average Bonchev–Trinajstić information content (AvgIpc) is 2.67. The second kappa shape index (κ2) is 5.19. The molecule has 2 rings (SSSR count). The van der Waals surface area contributed by atoms with E-state index in [1.54, 1.807) is 0 Å². The van der Waals surface area contributed by atoms with Crippen LogP contribution in [0.5, 0.6) is 11.5 Å². The summed E-state index contributed by atoms with van der Waals surface area (Å²) in [4.78, 5) is 0. The van der Waals surface area contributed by atoms with Crippen LogP contribution < -0.4 is 4.74 Å². The molecule has 108 valence electrons. The zero-order valence-corrected chi connectivity index (χ0v) is 12.8. The minimum absolute atomic E-state index is 0.180. The number of hydrogen-bond acceptors (Lipinski definition) is 3. The molecule has 0 atom stereocenters. The van der Waals surface area contributed by atoms with Crippen molar-refractivity contribution in [3.05, 3.63) is 30.0 Å². The van der Waals surface area contributed by atoms with Crippen molar-refractivity contribution in [3.8, 4) is 22.8 Å². The van der Waals surface area contributed by atoms with Gasteiger partial charge in [0.2, 0.25) is 0 Å². The van der Waals surface area contributed by atoms with E-state index in [1.807, 2.05) is 42.8 Å². The Bertz CT molecular complexity index is 609. The number of nitrogens with zero attached hydrogens (tertiary/aromatic N) is 2. The van der Waals surface area contributed by atoms with Gasteiger partial charge in [0.1, 0.15) is 11.4 Å². The Morgan fingerprint density at radius 1 is 1.25 bits per heavy atom. The molecule has 0 saturated carbocycles. The molecule has 4 heteroatoms. The van der Waals surface area contributed by atoms with E-state index >= 15 is 0 Å². The lowest BCUT2D eigenvalue weighted by Crippen LogP contribution is -2.24. The van der Waals surface area contributed by atoms with Crippen LogP contribution in [0.15, 0.2) is 24.3 Å². The Morgan fingerprint density at radius 3 is 2.45 bits per heavy atom. The lowest BCUT2D eigenvalue weighted by atomic mass is 10.1. The summed E-state index contributed by atoms with van der Waals surface area (Å²) in [5.74, 6) is 0.955. The number of hydrogen-bond donors (Lipinski definition) is 1. The fraction of sp³-hybridized carbons (Fsp3) is 0.438. The van der Waals surface area contributed by atoms with Crippen LogP contribution in [-0.2, 0) is 5.54 Å². The fourth-order valence-electron chi connectivity index (χ4n) is 2.27. The quantitative estimate of drug-likeness (QED) is 0.928. The highest BCUT2D eigenvalue weighted by Crippen LogP contribution is 2.38. The third kappa shape index (κ3) is 2.50. The lowest BCUT2D eigenvalue weighted by Gasteiger charge is -2.20. The maximum atomic E-state index is 10.4. The molecule has 1 aromatic heterocycles. The fourth-order valence-corrected chi connectivity index (χ4v) is 2.27. The minimum Gasteiger partial charge on any atom is -0.504 e. The molecule has 0 radical (unpaired) electrons. The first-order chi connectivity index (χ1) is 9.36. The molecule has 0 spiro atoms. The van der Waals surface area contributed by atoms with E-state index < -0.39 is 0 Å². The van der Waals surface area contributed by atoms with Gasteiger partial charge in [-0.15, -0.1) is 0 Å². The van der Waals surface area contributed by atoms with Gasteiger partial charge in [0, 0.05) is 5.56 Å². The van der Waals surface area contributed by atoms with Gasteiger partial charge >= 0.3 is 0 Å².